The Kier molecular flexibility index (Phi) is 4.48. The number of halogens is 1. The number of rotatable bonds is 4. The van der Waals surface area contributed by atoms with Crippen LogP contribution < -0.4 is 4.90 Å². The average Bonchev–Trinajstić information content (AvgIpc) is 3.08. The number of hydrogen-bond acceptors (Lipinski definition) is 6. The van der Waals surface area contributed by atoms with Crippen LogP contribution in [0.4, 0.5) is 10.2 Å². The normalized spacial score (nSPS) is 20.9. The maximum atomic E-state index is 13.0. The zero-order chi connectivity index (χ0) is 17.2. The molecule has 3 rings (SSSR count). The molecule has 2 aromatic rings. The summed E-state index contributed by atoms with van der Waals surface area (Å²) in [6.45, 7) is 1.21. The molecule has 1 aliphatic heterocycles. The molecule has 2 aromatic heterocycles. The molecule has 0 aliphatic carbocycles. The first-order chi connectivity index (χ1) is 11.5. The van der Waals surface area contributed by atoms with Crippen molar-refractivity contribution in [1.29, 1.82) is 0 Å². The van der Waals surface area contributed by atoms with Crippen LogP contribution in [0.5, 0.6) is 0 Å². The molecule has 0 bridgehead atoms. The van der Waals surface area contributed by atoms with E-state index in [0.717, 1.165) is 19.2 Å². The summed E-state index contributed by atoms with van der Waals surface area (Å²) in [5, 5.41) is 14.5. The first-order valence-corrected chi connectivity index (χ1v) is 7.72. The van der Waals surface area contributed by atoms with Crippen LogP contribution in [-0.4, -0.2) is 58.3 Å². The minimum Gasteiger partial charge on any atom is -0.386 e. The van der Waals surface area contributed by atoms with E-state index in [0.29, 0.717) is 18.8 Å². The fourth-order valence-electron chi connectivity index (χ4n) is 3.02. The van der Waals surface area contributed by atoms with E-state index in [2.05, 4.69) is 14.7 Å². The van der Waals surface area contributed by atoms with Crippen molar-refractivity contribution in [2.75, 3.05) is 31.6 Å². The van der Waals surface area contributed by atoms with Crippen LogP contribution in [0, 0.1) is 5.82 Å². The number of amides is 1. The second kappa shape index (κ2) is 6.56. The number of aliphatic hydroxyl groups is 1. The highest BCUT2D eigenvalue weighted by Crippen LogP contribution is 2.26. The maximum Gasteiger partial charge on any atom is 0.275 e. The minimum atomic E-state index is -1.07. The molecule has 1 atom stereocenters. The third-order valence-electron chi connectivity index (χ3n) is 4.13. The predicted octanol–water partition coefficient (Wildman–Crippen LogP) is 1.31. The summed E-state index contributed by atoms with van der Waals surface area (Å²) in [5.74, 6) is -0.0989. The molecule has 1 fully saturated rings. The zero-order valence-corrected chi connectivity index (χ0v) is 13.4. The molecule has 7 nitrogen and oxygen atoms in total. The molecule has 1 amide bonds. The number of β-amino-alcohol motifs (C(OH)–C–C–N with tert-alkyl or cyclic N) is 1. The van der Waals surface area contributed by atoms with Crippen molar-refractivity contribution in [3.05, 3.63) is 42.2 Å². The predicted molar refractivity (Wildman–Crippen MR) is 84.1 cm³/mol. The lowest BCUT2D eigenvalue weighted by Crippen LogP contribution is -2.54. The summed E-state index contributed by atoms with van der Waals surface area (Å²) < 4.78 is 17.7. The fraction of sp³-hybridized carbons (Fsp3) is 0.438. The molecule has 3 heterocycles. The van der Waals surface area contributed by atoms with Crippen LogP contribution in [0.3, 0.4) is 0 Å². The Hall–Kier alpha value is -2.48. The van der Waals surface area contributed by atoms with Gasteiger partial charge in [0.05, 0.1) is 18.3 Å². The van der Waals surface area contributed by atoms with Gasteiger partial charge in [-0.15, -0.1) is 0 Å². The molecule has 1 unspecified atom stereocenters. The quantitative estimate of drug-likeness (QED) is 0.908. The van der Waals surface area contributed by atoms with E-state index in [-0.39, 0.29) is 18.1 Å². The van der Waals surface area contributed by atoms with Crippen LogP contribution in [0.25, 0.3) is 0 Å². The molecule has 0 spiro atoms. The topological polar surface area (TPSA) is 82.7 Å². The molecule has 0 radical (unpaired) electrons. The second-order valence-electron chi connectivity index (χ2n) is 6.13. The van der Waals surface area contributed by atoms with Crippen molar-refractivity contribution in [2.45, 2.75) is 18.4 Å². The van der Waals surface area contributed by atoms with E-state index >= 15 is 0 Å². The number of pyridine rings is 1. The molecule has 24 heavy (non-hydrogen) atoms. The lowest BCUT2D eigenvalue weighted by Gasteiger charge is -2.41. The van der Waals surface area contributed by atoms with E-state index in [1.54, 1.807) is 13.1 Å². The summed E-state index contributed by atoms with van der Waals surface area (Å²) in [7, 11) is 1.62. The number of carbonyl (C=O) groups excluding carboxylic acids is 1. The molecule has 0 aromatic carbocycles. The van der Waals surface area contributed by atoms with E-state index in [1.807, 2.05) is 4.90 Å². The SMILES string of the molecule is CN(CC1(O)CCCN(c2ccc(F)cn2)C1)C(=O)c1ccon1. The number of likely N-dealkylation sites (N-methyl/N-ethyl adjacent to an activating group) is 1. The largest absolute Gasteiger partial charge is 0.386 e. The van der Waals surface area contributed by atoms with Crippen LogP contribution >= 0.6 is 0 Å². The van der Waals surface area contributed by atoms with E-state index in [9.17, 15) is 14.3 Å². The monoisotopic (exact) mass is 334 g/mol. The lowest BCUT2D eigenvalue weighted by atomic mass is 9.92. The molecule has 8 heteroatoms. The molecule has 0 saturated carbocycles. The average molecular weight is 334 g/mol. The summed E-state index contributed by atoms with van der Waals surface area (Å²) >= 11 is 0. The number of aromatic nitrogens is 2. The second-order valence-corrected chi connectivity index (χ2v) is 6.13. The van der Waals surface area contributed by atoms with E-state index < -0.39 is 11.4 Å². The van der Waals surface area contributed by atoms with Gasteiger partial charge in [0, 0.05) is 26.2 Å². The van der Waals surface area contributed by atoms with Gasteiger partial charge >= 0.3 is 0 Å². The molecule has 1 saturated heterocycles. The van der Waals surface area contributed by atoms with Crippen molar-refractivity contribution >= 4 is 11.7 Å². The Labute approximate surface area is 138 Å². The molecular formula is C16H19FN4O3. The third-order valence-corrected chi connectivity index (χ3v) is 4.13. The number of nitrogens with zero attached hydrogens (tertiary/aromatic N) is 4. The zero-order valence-electron chi connectivity index (χ0n) is 13.4. The molecule has 1 aliphatic rings. The summed E-state index contributed by atoms with van der Waals surface area (Å²) in [4.78, 5) is 19.6. The van der Waals surface area contributed by atoms with Crippen molar-refractivity contribution in [1.82, 2.24) is 15.0 Å². The Balaban J connectivity index is 1.68. The number of anilines is 1. The fourth-order valence-corrected chi connectivity index (χ4v) is 3.02. The first-order valence-electron chi connectivity index (χ1n) is 7.72. The lowest BCUT2D eigenvalue weighted by molar-refractivity contribution is -0.000378. The minimum absolute atomic E-state index is 0.163. The van der Waals surface area contributed by atoms with Crippen LogP contribution in [0.2, 0.25) is 0 Å². The number of piperidine rings is 1. The van der Waals surface area contributed by atoms with Crippen molar-refractivity contribution in [2.24, 2.45) is 0 Å². The number of carbonyl (C=O) groups is 1. The van der Waals surface area contributed by atoms with Crippen molar-refractivity contribution in [3.8, 4) is 0 Å². The Morgan fingerprint density at radius 3 is 3.00 bits per heavy atom. The van der Waals surface area contributed by atoms with Crippen molar-refractivity contribution < 1.29 is 18.8 Å². The summed E-state index contributed by atoms with van der Waals surface area (Å²) in [5.41, 5.74) is -0.864. The van der Waals surface area contributed by atoms with Crippen LogP contribution in [-0.2, 0) is 0 Å². The standard InChI is InChI=1S/C16H19FN4O3/c1-20(15(22)13-5-8-24-19-13)10-16(23)6-2-7-21(11-16)14-4-3-12(17)9-18-14/h3-5,8-9,23H,2,6-7,10-11H2,1H3. The van der Waals surface area contributed by atoms with E-state index in [1.165, 1.54) is 23.3 Å². The Bertz CT molecular complexity index is 692. The highest BCUT2D eigenvalue weighted by Gasteiger charge is 2.36. The molecule has 128 valence electrons. The van der Waals surface area contributed by atoms with Gasteiger partial charge in [0.25, 0.3) is 5.91 Å². The van der Waals surface area contributed by atoms with Gasteiger partial charge in [0.1, 0.15) is 17.9 Å². The molecule has 1 N–H and O–H groups in total. The van der Waals surface area contributed by atoms with Gasteiger partial charge in [0.2, 0.25) is 0 Å². The van der Waals surface area contributed by atoms with Gasteiger partial charge in [-0.05, 0) is 25.0 Å². The number of hydrogen-bond donors (Lipinski definition) is 1. The summed E-state index contributed by atoms with van der Waals surface area (Å²) in [6.07, 6.45) is 3.81. The van der Waals surface area contributed by atoms with Crippen LogP contribution in [0.1, 0.15) is 23.3 Å². The van der Waals surface area contributed by atoms with Gasteiger partial charge < -0.3 is 19.4 Å². The Morgan fingerprint density at radius 2 is 2.33 bits per heavy atom. The first kappa shape index (κ1) is 16.4. The van der Waals surface area contributed by atoms with E-state index in [4.69, 9.17) is 0 Å². The highest BCUT2D eigenvalue weighted by molar-refractivity contribution is 5.91. The van der Waals surface area contributed by atoms with Crippen molar-refractivity contribution in [3.63, 3.8) is 0 Å². The highest BCUT2D eigenvalue weighted by atomic mass is 19.1. The summed E-state index contributed by atoms with van der Waals surface area (Å²) in [6, 6.07) is 4.42. The third kappa shape index (κ3) is 3.53. The van der Waals surface area contributed by atoms with Gasteiger partial charge in [-0.3, -0.25) is 4.79 Å². The van der Waals surface area contributed by atoms with Crippen LogP contribution in [0.15, 0.2) is 35.2 Å². The maximum absolute atomic E-state index is 13.0. The van der Waals surface area contributed by atoms with Gasteiger partial charge in [-0.1, -0.05) is 5.16 Å². The van der Waals surface area contributed by atoms with Gasteiger partial charge in [-0.2, -0.15) is 0 Å². The Morgan fingerprint density at radius 1 is 1.50 bits per heavy atom. The van der Waals surface area contributed by atoms with Gasteiger partial charge in [0.15, 0.2) is 5.69 Å². The van der Waals surface area contributed by atoms with Gasteiger partial charge in [-0.25, -0.2) is 9.37 Å². The smallest absolute Gasteiger partial charge is 0.275 e. The molecular weight excluding hydrogens is 315 g/mol.